The summed E-state index contributed by atoms with van der Waals surface area (Å²) in [6.07, 6.45) is 5.40. The summed E-state index contributed by atoms with van der Waals surface area (Å²) < 4.78 is 30.9. The van der Waals surface area contributed by atoms with Crippen molar-refractivity contribution in [1.29, 1.82) is 0 Å². The second kappa shape index (κ2) is 7.35. The smallest absolute Gasteiger partial charge is 0.279 e. The first kappa shape index (κ1) is 16.4. The Morgan fingerprint density at radius 2 is 2.24 bits per heavy atom. The van der Waals surface area contributed by atoms with Crippen LogP contribution in [0.5, 0.6) is 0 Å². The van der Waals surface area contributed by atoms with Gasteiger partial charge in [-0.15, -0.1) is 0 Å². The average Bonchev–Trinajstić information content (AvgIpc) is 2.85. The van der Waals surface area contributed by atoms with E-state index in [1.54, 1.807) is 8.99 Å². The van der Waals surface area contributed by atoms with Gasteiger partial charge in [0.1, 0.15) is 0 Å². The summed E-state index contributed by atoms with van der Waals surface area (Å²) in [6.45, 7) is 1.68. The van der Waals surface area contributed by atoms with E-state index in [-0.39, 0.29) is 6.04 Å². The van der Waals surface area contributed by atoms with Crippen LogP contribution in [0.4, 0.5) is 0 Å². The van der Waals surface area contributed by atoms with Gasteiger partial charge in [-0.1, -0.05) is 6.42 Å². The normalized spacial score (nSPS) is 20.8. The van der Waals surface area contributed by atoms with Crippen molar-refractivity contribution in [3.05, 3.63) is 18.0 Å². The molecular formula is C13H25N5O2S. The highest BCUT2D eigenvalue weighted by atomic mass is 32.2. The molecule has 21 heavy (non-hydrogen) atoms. The molecule has 2 N–H and O–H groups in total. The van der Waals surface area contributed by atoms with Crippen LogP contribution in [0.1, 0.15) is 25.0 Å². The minimum absolute atomic E-state index is 0.0519. The lowest BCUT2D eigenvalue weighted by molar-refractivity contribution is 0.246. The summed E-state index contributed by atoms with van der Waals surface area (Å²) in [7, 11) is 0.297. The molecule has 2 rings (SSSR count). The minimum atomic E-state index is -3.41. The predicted octanol–water partition coefficient (Wildman–Crippen LogP) is -0.129. The third kappa shape index (κ3) is 4.50. The van der Waals surface area contributed by atoms with Gasteiger partial charge in [0, 0.05) is 45.3 Å². The van der Waals surface area contributed by atoms with Gasteiger partial charge in [-0.2, -0.15) is 17.8 Å². The molecule has 2 heterocycles. The van der Waals surface area contributed by atoms with Crippen molar-refractivity contribution in [2.75, 3.05) is 26.7 Å². The fraction of sp³-hybridized carbons (Fsp3) is 0.769. The number of hydrogen-bond donors (Lipinski definition) is 2. The molecule has 120 valence electrons. The Bertz CT molecular complexity index is 541. The number of aromatic nitrogens is 2. The molecule has 1 fully saturated rings. The molecular weight excluding hydrogens is 290 g/mol. The van der Waals surface area contributed by atoms with E-state index in [0.717, 1.165) is 25.0 Å². The zero-order valence-electron chi connectivity index (χ0n) is 12.7. The molecule has 1 aliphatic rings. The number of aryl methyl sites for hydroxylation is 1. The molecule has 1 unspecified atom stereocenters. The third-order valence-electron chi connectivity index (χ3n) is 3.76. The Morgan fingerprint density at radius 1 is 1.43 bits per heavy atom. The number of rotatable bonds is 7. The molecule has 8 heteroatoms. The molecule has 0 amide bonds. The molecule has 1 aromatic rings. The highest BCUT2D eigenvalue weighted by molar-refractivity contribution is 7.87. The molecule has 0 saturated carbocycles. The van der Waals surface area contributed by atoms with Crippen molar-refractivity contribution >= 4 is 10.2 Å². The highest BCUT2D eigenvalue weighted by Gasteiger charge is 2.31. The Balaban J connectivity index is 1.90. The molecule has 1 aliphatic heterocycles. The molecule has 0 spiro atoms. The summed E-state index contributed by atoms with van der Waals surface area (Å²) in [4.78, 5) is 0. The molecule has 1 aromatic heterocycles. The topological polar surface area (TPSA) is 79.3 Å². The summed E-state index contributed by atoms with van der Waals surface area (Å²) >= 11 is 0. The number of piperidine rings is 1. The van der Waals surface area contributed by atoms with Crippen LogP contribution >= 0.6 is 0 Å². The van der Waals surface area contributed by atoms with Crippen molar-refractivity contribution in [3.8, 4) is 0 Å². The van der Waals surface area contributed by atoms with Crippen molar-refractivity contribution in [1.82, 2.24) is 24.1 Å². The summed E-state index contributed by atoms with van der Waals surface area (Å²) in [5, 5.41) is 7.32. The van der Waals surface area contributed by atoms with E-state index in [0.29, 0.717) is 26.1 Å². The lowest BCUT2D eigenvalue weighted by Gasteiger charge is -2.34. The van der Waals surface area contributed by atoms with Crippen LogP contribution in [0.15, 0.2) is 12.3 Å². The Hall–Kier alpha value is -0.960. The number of nitrogens with zero attached hydrogens (tertiary/aromatic N) is 3. The van der Waals surface area contributed by atoms with Gasteiger partial charge in [-0.25, -0.2) is 4.72 Å². The lowest BCUT2D eigenvalue weighted by Crippen LogP contribution is -2.52. The van der Waals surface area contributed by atoms with Crippen LogP contribution in [0, 0.1) is 0 Å². The zero-order chi connectivity index (χ0) is 15.3. The minimum Gasteiger partial charge on any atom is -0.318 e. The van der Waals surface area contributed by atoms with Crippen LogP contribution in [0.2, 0.25) is 0 Å². The fourth-order valence-electron chi connectivity index (χ4n) is 2.72. The number of likely N-dealkylation sites (N-methyl/N-ethyl adjacent to an activating group) is 1. The monoisotopic (exact) mass is 315 g/mol. The van der Waals surface area contributed by atoms with Gasteiger partial charge < -0.3 is 5.32 Å². The van der Waals surface area contributed by atoms with Crippen LogP contribution in [0.25, 0.3) is 0 Å². The molecule has 0 bridgehead atoms. The first-order chi connectivity index (χ1) is 10.0. The lowest BCUT2D eigenvalue weighted by atomic mass is 10.1. The molecule has 1 saturated heterocycles. The second-order valence-corrected chi connectivity index (χ2v) is 7.16. The molecule has 1 atom stereocenters. The number of nitrogens with one attached hydrogen (secondary N) is 2. The van der Waals surface area contributed by atoms with Crippen LogP contribution in [-0.4, -0.2) is 55.2 Å². The largest absolute Gasteiger partial charge is 0.318 e. The van der Waals surface area contributed by atoms with Gasteiger partial charge in [0.2, 0.25) is 0 Å². The molecule has 0 aromatic carbocycles. The van der Waals surface area contributed by atoms with Gasteiger partial charge in [0.05, 0.1) is 5.69 Å². The van der Waals surface area contributed by atoms with Crippen LogP contribution in [0.3, 0.4) is 0 Å². The van der Waals surface area contributed by atoms with Gasteiger partial charge >= 0.3 is 0 Å². The van der Waals surface area contributed by atoms with E-state index in [9.17, 15) is 8.42 Å². The molecule has 7 nitrogen and oxygen atoms in total. The maximum absolute atomic E-state index is 12.4. The summed E-state index contributed by atoms with van der Waals surface area (Å²) in [6, 6.07) is 1.95. The van der Waals surface area contributed by atoms with E-state index in [1.165, 1.54) is 0 Å². The third-order valence-corrected chi connectivity index (χ3v) is 5.42. The van der Waals surface area contributed by atoms with Gasteiger partial charge in [0.15, 0.2) is 0 Å². The van der Waals surface area contributed by atoms with E-state index in [1.807, 2.05) is 26.4 Å². The van der Waals surface area contributed by atoms with Crippen LogP contribution in [-0.2, 0) is 23.7 Å². The zero-order valence-corrected chi connectivity index (χ0v) is 13.6. The number of hydrogen-bond acceptors (Lipinski definition) is 4. The predicted molar refractivity (Wildman–Crippen MR) is 82.1 cm³/mol. The van der Waals surface area contributed by atoms with Crippen molar-refractivity contribution < 1.29 is 8.42 Å². The van der Waals surface area contributed by atoms with Gasteiger partial charge in [-0.05, 0) is 26.0 Å². The van der Waals surface area contributed by atoms with Crippen molar-refractivity contribution in [2.24, 2.45) is 7.05 Å². The maximum atomic E-state index is 12.4. The first-order valence-corrected chi connectivity index (χ1v) is 8.86. The average molecular weight is 315 g/mol. The molecule has 0 aliphatic carbocycles. The van der Waals surface area contributed by atoms with E-state index < -0.39 is 10.2 Å². The van der Waals surface area contributed by atoms with Gasteiger partial charge in [0.25, 0.3) is 10.2 Å². The summed E-state index contributed by atoms with van der Waals surface area (Å²) in [5.74, 6) is 0. The van der Waals surface area contributed by atoms with Gasteiger partial charge in [-0.3, -0.25) is 4.68 Å². The Kier molecular flexibility index (Phi) is 5.74. The quantitative estimate of drug-likeness (QED) is 0.735. The SMILES string of the molecule is CNCC1CCCCN1S(=O)(=O)NCCc1ccn(C)n1. The second-order valence-electron chi connectivity index (χ2n) is 5.45. The first-order valence-electron chi connectivity index (χ1n) is 7.42. The standard InChI is InChI=1S/C13H25N5O2S/c1-14-11-13-5-3-4-9-18(13)21(19,20)15-8-6-12-7-10-17(2)16-12/h7,10,13-15H,3-6,8-9,11H2,1-2H3. The van der Waals surface area contributed by atoms with Crippen molar-refractivity contribution in [2.45, 2.75) is 31.7 Å². The van der Waals surface area contributed by atoms with Crippen LogP contribution < -0.4 is 10.0 Å². The Labute approximate surface area is 126 Å². The summed E-state index contributed by atoms with van der Waals surface area (Å²) in [5.41, 5.74) is 0.894. The molecule has 0 radical (unpaired) electrons. The maximum Gasteiger partial charge on any atom is 0.279 e. The highest BCUT2D eigenvalue weighted by Crippen LogP contribution is 2.19. The fourth-order valence-corrected chi connectivity index (χ4v) is 4.19. The van der Waals surface area contributed by atoms with Crippen molar-refractivity contribution in [3.63, 3.8) is 0 Å². The Morgan fingerprint density at radius 3 is 2.90 bits per heavy atom. The van der Waals surface area contributed by atoms with E-state index in [2.05, 4.69) is 15.1 Å². The van der Waals surface area contributed by atoms with E-state index >= 15 is 0 Å². The van der Waals surface area contributed by atoms with E-state index in [4.69, 9.17) is 0 Å².